The summed E-state index contributed by atoms with van der Waals surface area (Å²) in [7, 11) is 0. The first-order valence-corrected chi connectivity index (χ1v) is 12.4. The zero-order valence-corrected chi connectivity index (χ0v) is 21.2. The lowest BCUT2D eigenvalue weighted by Crippen LogP contribution is -2.24. The number of hydrogen-bond acceptors (Lipinski definition) is 2. The van der Waals surface area contributed by atoms with E-state index in [4.69, 9.17) is 0 Å². The van der Waals surface area contributed by atoms with Gasteiger partial charge in [-0.05, 0) is 59.4 Å². The highest BCUT2D eigenvalue weighted by Crippen LogP contribution is 2.45. The minimum absolute atomic E-state index is 0.0222. The lowest BCUT2D eigenvalue weighted by atomic mass is 9.94. The van der Waals surface area contributed by atoms with Crippen LogP contribution in [0.15, 0.2) is 84.9 Å². The number of nitrogens with zero attached hydrogens (tertiary/aromatic N) is 1. The third kappa shape index (κ3) is 4.98. The molecule has 1 aromatic heterocycles. The van der Waals surface area contributed by atoms with E-state index in [0.29, 0.717) is 11.3 Å². The number of aliphatic hydroxyl groups excluding tert-OH is 1. The molecule has 0 aliphatic carbocycles. The van der Waals surface area contributed by atoms with Gasteiger partial charge in [0.05, 0.1) is 23.9 Å². The summed E-state index contributed by atoms with van der Waals surface area (Å²) in [6.45, 7) is 8.15. The molecule has 4 aromatic rings. The number of aromatic nitrogens is 1. The van der Waals surface area contributed by atoms with Crippen molar-refractivity contribution in [2.75, 3.05) is 11.9 Å². The van der Waals surface area contributed by atoms with E-state index in [-0.39, 0.29) is 36.2 Å². The summed E-state index contributed by atoms with van der Waals surface area (Å²) in [6.07, 6.45) is 0. The van der Waals surface area contributed by atoms with E-state index in [0.717, 1.165) is 28.1 Å². The number of benzene rings is 3. The SMILES string of the molecule is CC(C)c1c(C(=O)Nc2ccccc2)c(-c2ccccc2)c(-c2ccc(F)cc2)n1[C@H](CO)C(C)C. The van der Waals surface area contributed by atoms with Crippen LogP contribution >= 0.6 is 0 Å². The molecular weight excluding hydrogens is 451 g/mol. The highest BCUT2D eigenvalue weighted by molar-refractivity contribution is 6.12. The number of carbonyl (C=O) groups is 1. The Morgan fingerprint density at radius 1 is 0.861 bits per heavy atom. The Morgan fingerprint density at radius 2 is 1.44 bits per heavy atom. The summed E-state index contributed by atoms with van der Waals surface area (Å²) in [4.78, 5) is 14.0. The largest absolute Gasteiger partial charge is 0.394 e. The third-order valence-corrected chi connectivity index (χ3v) is 6.52. The molecule has 1 atom stereocenters. The van der Waals surface area contributed by atoms with Gasteiger partial charge in [0, 0.05) is 16.9 Å². The molecule has 2 N–H and O–H groups in total. The number of para-hydroxylation sites is 1. The van der Waals surface area contributed by atoms with E-state index in [1.165, 1.54) is 12.1 Å². The van der Waals surface area contributed by atoms with Gasteiger partial charge in [-0.3, -0.25) is 4.79 Å². The zero-order valence-electron chi connectivity index (χ0n) is 21.2. The number of halogens is 1. The van der Waals surface area contributed by atoms with Crippen LogP contribution in [0.1, 0.15) is 55.7 Å². The first kappa shape index (κ1) is 25.4. The van der Waals surface area contributed by atoms with Crippen LogP contribution < -0.4 is 5.32 Å². The number of rotatable bonds is 8. The summed E-state index contributed by atoms with van der Waals surface area (Å²) < 4.78 is 16.1. The molecule has 0 unspecified atom stereocenters. The van der Waals surface area contributed by atoms with Crippen LogP contribution in [-0.2, 0) is 0 Å². The van der Waals surface area contributed by atoms with Gasteiger partial charge in [0.1, 0.15) is 5.82 Å². The fourth-order valence-electron chi connectivity index (χ4n) is 4.83. The average molecular weight is 485 g/mol. The molecule has 0 saturated carbocycles. The van der Waals surface area contributed by atoms with Crippen molar-refractivity contribution in [1.82, 2.24) is 4.57 Å². The minimum Gasteiger partial charge on any atom is -0.394 e. The smallest absolute Gasteiger partial charge is 0.258 e. The van der Waals surface area contributed by atoms with Crippen molar-refractivity contribution >= 4 is 11.6 Å². The molecule has 4 nitrogen and oxygen atoms in total. The van der Waals surface area contributed by atoms with Gasteiger partial charge in [0.25, 0.3) is 5.91 Å². The van der Waals surface area contributed by atoms with Gasteiger partial charge in [-0.2, -0.15) is 0 Å². The van der Waals surface area contributed by atoms with Crippen LogP contribution in [0.5, 0.6) is 0 Å². The quantitative estimate of drug-likeness (QED) is 0.272. The van der Waals surface area contributed by atoms with Gasteiger partial charge in [0.2, 0.25) is 0 Å². The standard InChI is InChI=1S/C31H33FN2O2/c1-20(2)26(19-35)34-29(21(3)4)28(31(36)33-25-13-9-6-10-14-25)27(22-11-7-5-8-12-22)30(34)23-15-17-24(32)18-16-23/h5-18,20-21,26,35H,19H2,1-4H3,(H,33,36)/t26-/m1/s1. The Hall–Kier alpha value is -3.70. The molecule has 186 valence electrons. The second kappa shape index (κ2) is 10.9. The number of hydrogen-bond donors (Lipinski definition) is 2. The maximum atomic E-state index is 14.0. The molecule has 0 saturated heterocycles. The summed E-state index contributed by atoms with van der Waals surface area (Å²) in [5.74, 6) is -0.475. The van der Waals surface area contributed by atoms with Crippen molar-refractivity contribution < 1.29 is 14.3 Å². The van der Waals surface area contributed by atoms with Crippen molar-refractivity contribution in [1.29, 1.82) is 0 Å². The molecule has 36 heavy (non-hydrogen) atoms. The molecule has 0 radical (unpaired) electrons. The first-order chi connectivity index (χ1) is 17.3. The monoisotopic (exact) mass is 484 g/mol. The number of nitrogens with one attached hydrogen (secondary N) is 1. The van der Waals surface area contributed by atoms with E-state index in [2.05, 4.69) is 37.6 Å². The molecule has 0 aliphatic rings. The minimum atomic E-state index is -0.327. The Bertz CT molecular complexity index is 1310. The van der Waals surface area contributed by atoms with Gasteiger partial charge in [-0.1, -0.05) is 76.2 Å². The summed E-state index contributed by atoms with van der Waals surface area (Å²) in [5, 5.41) is 13.6. The van der Waals surface area contributed by atoms with E-state index < -0.39 is 0 Å². The van der Waals surface area contributed by atoms with Crippen LogP contribution in [0, 0.1) is 11.7 Å². The molecule has 1 heterocycles. The van der Waals surface area contributed by atoms with Gasteiger partial charge >= 0.3 is 0 Å². The maximum absolute atomic E-state index is 14.0. The van der Waals surface area contributed by atoms with Gasteiger partial charge < -0.3 is 15.0 Å². The molecule has 0 bridgehead atoms. The van der Waals surface area contributed by atoms with E-state index >= 15 is 0 Å². The molecule has 0 aliphatic heterocycles. The molecule has 5 heteroatoms. The predicted octanol–water partition coefficient (Wildman–Crippen LogP) is 7.53. The summed E-state index contributed by atoms with van der Waals surface area (Å²) >= 11 is 0. The Morgan fingerprint density at radius 3 is 1.97 bits per heavy atom. The second-order valence-electron chi connectivity index (χ2n) is 9.70. The van der Waals surface area contributed by atoms with Gasteiger partial charge in [0.15, 0.2) is 0 Å². The lowest BCUT2D eigenvalue weighted by Gasteiger charge is -2.28. The topological polar surface area (TPSA) is 54.3 Å². The third-order valence-electron chi connectivity index (χ3n) is 6.52. The van der Waals surface area contributed by atoms with E-state index in [1.807, 2.05) is 60.7 Å². The van der Waals surface area contributed by atoms with Crippen molar-refractivity contribution in [3.05, 3.63) is 102 Å². The van der Waals surface area contributed by atoms with Crippen LogP contribution in [0.2, 0.25) is 0 Å². The molecule has 1 amide bonds. The number of amides is 1. The molecule has 3 aromatic carbocycles. The van der Waals surface area contributed by atoms with Crippen molar-refractivity contribution in [2.24, 2.45) is 5.92 Å². The normalized spacial score (nSPS) is 12.2. The maximum Gasteiger partial charge on any atom is 0.258 e. The molecule has 0 spiro atoms. The number of anilines is 1. The Balaban J connectivity index is 2.12. The van der Waals surface area contributed by atoms with Crippen LogP contribution in [-0.4, -0.2) is 22.2 Å². The van der Waals surface area contributed by atoms with Crippen LogP contribution in [0.3, 0.4) is 0 Å². The Kier molecular flexibility index (Phi) is 7.70. The van der Waals surface area contributed by atoms with Crippen molar-refractivity contribution in [3.8, 4) is 22.4 Å². The van der Waals surface area contributed by atoms with Crippen molar-refractivity contribution in [3.63, 3.8) is 0 Å². The fourth-order valence-corrected chi connectivity index (χ4v) is 4.83. The van der Waals surface area contributed by atoms with Crippen molar-refractivity contribution in [2.45, 2.75) is 39.7 Å². The number of aliphatic hydroxyl groups is 1. The highest BCUT2D eigenvalue weighted by Gasteiger charge is 2.33. The van der Waals surface area contributed by atoms with E-state index in [1.54, 1.807) is 12.1 Å². The zero-order chi connectivity index (χ0) is 25.8. The molecule has 4 rings (SSSR count). The predicted molar refractivity (Wildman–Crippen MR) is 145 cm³/mol. The Labute approximate surface area is 212 Å². The van der Waals surface area contributed by atoms with Gasteiger partial charge in [-0.25, -0.2) is 4.39 Å². The number of carbonyl (C=O) groups excluding carboxylic acids is 1. The molecular formula is C31H33FN2O2. The average Bonchev–Trinajstić information content (AvgIpc) is 3.22. The van der Waals surface area contributed by atoms with Gasteiger partial charge in [-0.15, -0.1) is 0 Å². The van der Waals surface area contributed by atoms with Crippen LogP contribution in [0.25, 0.3) is 22.4 Å². The highest BCUT2D eigenvalue weighted by atomic mass is 19.1. The second-order valence-corrected chi connectivity index (χ2v) is 9.70. The van der Waals surface area contributed by atoms with E-state index in [9.17, 15) is 14.3 Å². The first-order valence-electron chi connectivity index (χ1n) is 12.4. The summed E-state index contributed by atoms with van der Waals surface area (Å²) in [6, 6.07) is 25.3. The van der Waals surface area contributed by atoms with Crippen LogP contribution in [0.4, 0.5) is 10.1 Å². The lowest BCUT2D eigenvalue weighted by molar-refractivity contribution is 0.102. The fraction of sp³-hybridized carbons (Fsp3) is 0.258. The molecule has 0 fully saturated rings. The summed E-state index contributed by atoms with van der Waals surface area (Å²) in [5.41, 5.74) is 5.36.